The van der Waals surface area contributed by atoms with Crippen molar-refractivity contribution in [2.45, 2.75) is 25.8 Å². The summed E-state index contributed by atoms with van der Waals surface area (Å²) in [6.45, 7) is 1.97. The summed E-state index contributed by atoms with van der Waals surface area (Å²) in [4.78, 5) is 0. The van der Waals surface area contributed by atoms with Gasteiger partial charge in [0.1, 0.15) is 0 Å². The van der Waals surface area contributed by atoms with Gasteiger partial charge in [0.25, 0.3) is 0 Å². The minimum Gasteiger partial charge on any atom is -0.312 e. The number of rotatable bonds is 6. The van der Waals surface area contributed by atoms with E-state index >= 15 is 0 Å². The maximum atomic E-state index is 5.93. The minimum absolute atomic E-state index is 0.500. The summed E-state index contributed by atoms with van der Waals surface area (Å²) >= 11 is 11.7. The van der Waals surface area contributed by atoms with Gasteiger partial charge >= 0.3 is 0 Å². The Kier molecular flexibility index (Phi) is 4.12. The number of hydrogen-bond donors (Lipinski definition) is 1. The molecule has 1 saturated carbocycles. The summed E-state index contributed by atoms with van der Waals surface area (Å²) in [5.41, 5.74) is 1.74. The third kappa shape index (κ3) is 3.38. The van der Waals surface area contributed by atoms with Crippen molar-refractivity contribution in [2.24, 2.45) is 5.41 Å². The van der Waals surface area contributed by atoms with Crippen LogP contribution in [0.4, 0.5) is 0 Å². The van der Waals surface area contributed by atoms with Gasteiger partial charge in [-0.2, -0.15) is 0 Å². The largest absolute Gasteiger partial charge is 0.312 e. The van der Waals surface area contributed by atoms with Crippen LogP contribution in [0.1, 0.15) is 24.8 Å². The molecule has 0 aliphatic heterocycles. The van der Waals surface area contributed by atoms with E-state index in [2.05, 4.69) is 11.4 Å². The standard InChI is InChI=1S/C13H17Cl2N/c14-7-6-13(4-5-13)10-16-9-11-2-1-3-12(15)8-11/h1-3,8,16H,4-7,9-10H2. The van der Waals surface area contributed by atoms with Crippen molar-refractivity contribution in [1.29, 1.82) is 0 Å². The van der Waals surface area contributed by atoms with Gasteiger partial charge in [-0.1, -0.05) is 23.7 Å². The topological polar surface area (TPSA) is 12.0 Å². The molecule has 16 heavy (non-hydrogen) atoms. The first-order valence-corrected chi connectivity index (χ1v) is 6.66. The van der Waals surface area contributed by atoms with E-state index in [9.17, 15) is 0 Å². The van der Waals surface area contributed by atoms with Gasteiger partial charge in [-0.15, -0.1) is 11.6 Å². The monoisotopic (exact) mass is 257 g/mol. The fourth-order valence-electron chi connectivity index (χ4n) is 2.01. The van der Waals surface area contributed by atoms with Crippen LogP contribution in [0.5, 0.6) is 0 Å². The summed E-state index contributed by atoms with van der Waals surface area (Å²) in [6.07, 6.45) is 3.78. The van der Waals surface area contributed by atoms with Crippen LogP contribution in [0.25, 0.3) is 0 Å². The van der Waals surface area contributed by atoms with Gasteiger partial charge in [0.15, 0.2) is 0 Å². The molecule has 0 radical (unpaired) electrons. The van der Waals surface area contributed by atoms with Crippen molar-refractivity contribution in [2.75, 3.05) is 12.4 Å². The van der Waals surface area contributed by atoms with E-state index in [0.29, 0.717) is 5.41 Å². The second-order valence-corrected chi connectivity index (χ2v) is 5.49. The minimum atomic E-state index is 0.500. The van der Waals surface area contributed by atoms with E-state index in [0.717, 1.165) is 30.4 Å². The molecular weight excluding hydrogens is 241 g/mol. The second kappa shape index (κ2) is 5.39. The van der Waals surface area contributed by atoms with E-state index in [1.165, 1.54) is 18.4 Å². The van der Waals surface area contributed by atoms with Gasteiger partial charge in [-0.25, -0.2) is 0 Å². The predicted molar refractivity (Wildman–Crippen MR) is 70.2 cm³/mol. The zero-order valence-corrected chi connectivity index (χ0v) is 10.8. The lowest BCUT2D eigenvalue weighted by Gasteiger charge is -2.14. The highest BCUT2D eigenvalue weighted by Crippen LogP contribution is 2.48. The molecule has 1 nitrogen and oxygen atoms in total. The van der Waals surface area contributed by atoms with Crippen molar-refractivity contribution < 1.29 is 0 Å². The zero-order valence-electron chi connectivity index (χ0n) is 9.31. The molecule has 1 aliphatic rings. The Morgan fingerprint density at radius 3 is 2.75 bits per heavy atom. The first-order chi connectivity index (χ1) is 7.74. The first kappa shape index (κ1) is 12.2. The molecule has 1 aliphatic carbocycles. The van der Waals surface area contributed by atoms with Crippen molar-refractivity contribution in [3.8, 4) is 0 Å². The molecule has 1 fully saturated rings. The van der Waals surface area contributed by atoms with Gasteiger partial charge in [0, 0.05) is 24.0 Å². The Morgan fingerprint density at radius 1 is 1.31 bits per heavy atom. The summed E-state index contributed by atoms with van der Waals surface area (Å²) in [5, 5.41) is 4.31. The highest BCUT2D eigenvalue weighted by atomic mass is 35.5. The van der Waals surface area contributed by atoms with Crippen LogP contribution in [-0.4, -0.2) is 12.4 Å². The van der Waals surface area contributed by atoms with Gasteiger partial charge in [0.2, 0.25) is 0 Å². The molecule has 2 rings (SSSR count). The molecule has 0 spiro atoms. The van der Waals surface area contributed by atoms with Crippen molar-refractivity contribution in [3.05, 3.63) is 34.9 Å². The van der Waals surface area contributed by atoms with Gasteiger partial charge in [0.05, 0.1) is 0 Å². The highest BCUT2D eigenvalue weighted by molar-refractivity contribution is 6.30. The van der Waals surface area contributed by atoms with Crippen LogP contribution in [0, 0.1) is 5.41 Å². The number of benzene rings is 1. The van der Waals surface area contributed by atoms with Crippen LogP contribution in [-0.2, 0) is 6.54 Å². The van der Waals surface area contributed by atoms with E-state index in [1.54, 1.807) is 0 Å². The van der Waals surface area contributed by atoms with E-state index < -0.39 is 0 Å². The zero-order chi connectivity index (χ0) is 11.4. The summed E-state index contributed by atoms with van der Waals surface area (Å²) in [6, 6.07) is 8.00. The highest BCUT2D eigenvalue weighted by Gasteiger charge is 2.40. The maximum Gasteiger partial charge on any atom is 0.0409 e. The van der Waals surface area contributed by atoms with Crippen LogP contribution in [0.15, 0.2) is 24.3 Å². The third-order valence-electron chi connectivity index (χ3n) is 3.30. The van der Waals surface area contributed by atoms with Crippen LogP contribution in [0.2, 0.25) is 5.02 Å². The SMILES string of the molecule is ClCCC1(CNCc2cccc(Cl)c2)CC1. The summed E-state index contributed by atoms with van der Waals surface area (Å²) in [7, 11) is 0. The number of nitrogens with one attached hydrogen (secondary N) is 1. The molecule has 1 N–H and O–H groups in total. The van der Waals surface area contributed by atoms with Crippen molar-refractivity contribution in [1.82, 2.24) is 5.32 Å². The Hall–Kier alpha value is -0.240. The molecule has 1 aromatic carbocycles. The Bertz CT molecular complexity index is 348. The van der Waals surface area contributed by atoms with E-state index in [4.69, 9.17) is 23.2 Å². The van der Waals surface area contributed by atoms with E-state index in [1.807, 2.05) is 18.2 Å². The number of hydrogen-bond acceptors (Lipinski definition) is 1. The Balaban J connectivity index is 1.76. The van der Waals surface area contributed by atoms with Gasteiger partial charge < -0.3 is 5.32 Å². The van der Waals surface area contributed by atoms with Crippen molar-refractivity contribution >= 4 is 23.2 Å². The van der Waals surface area contributed by atoms with Crippen LogP contribution >= 0.6 is 23.2 Å². The average Bonchev–Trinajstić information content (AvgIpc) is 2.99. The number of alkyl halides is 1. The Labute approximate surface area is 107 Å². The average molecular weight is 258 g/mol. The molecule has 0 atom stereocenters. The molecular formula is C13H17Cl2N. The second-order valence-electron chi connectivity index (χ2n) is 4.67. The maximum absolute atomic E-state index is 5.93. The van der Waals surface area contributed by atoms with Crippen molar-refractivity contribution in [3.63, 3.8) is 0 Å². The predicted octanol–water partition coefficient (Wildman–Crippen LogP) is 3.84. The van der Waals surface area contributed by atoms with Gasteiger partial charge in [-0.05, 0) is 42.4 Å². The molecule has 0 saturated heterocycles. The molecule has 0 heterocycles. The molecule has 0 bridgehead atoms. The summed E-state index contributed by atoms with van der Waals surface area (Å²) < 4.78 is 0. The van der Waals surface area contributed by atoms with Crippen LogP contribution in [0.3, 0.4) is 0 Å². The van der Waals surface area contributed by atoms with Crippen LogP contribution < -0.4 is 5.32 Å². The lowest BCUT2D eigenvalue weighted by Crippen LogP contribution is -2.23. The molecule has 0 unspecified atom stereocenters. The lowest BCUT2D eigenvalue weighted by molar-refractivity contribution is 0.445. The number of halogens is 2. The lowest BCUT2D eigenvalue weighted by atomic mass is 10.0. The normalized spacial score (nSPS) is 17.4. The fourth-order valence-corrected chi connectivity index (χ4v) is 2.63. The molecule has 0 amide bonds. The quantitative estimate of drug-likeness (QED) is 0.764. The van der Waals surface area contributed by atoms with Gasteiger partial charge in [-0.3, -0.25) is 0 Å². The van der Waals surface area contributed by atoms with E-state index in [-0.39, 0.29) is 0 Å². The summed E-state index contributed by atoms with van der Waals surface area (Å²) in [5.74, 6) is 0.777. The molecule has 3 heteroatoms. The first-order valence-electron chi connectivity index (χ1n) is 5.75. The smallest absolute Gasteiger partial charge is 0.0409 e. The molecule has 1 aromatic rings. The molecule has 0 aromatic heterocycles. The fraction of sp³-hybridized carbons (Fsp3) is 0.538. The third-order valence-corrected chi connectivity index (χ3v) is 3.72. The Morgan fingerprint density at radius 2 is 2.12 bits per heavy atom. The molecule has 88 valence electrons.